The van der Waals surface area contributed by atoms with Crippen molar-refractivity contribution < 1.29 is 14.2 Å². The highest BCUT2D eigenvalue weighted by Crippen LogP contribution is 2.32. The topological polar surface area (TPSA) is 39.7 Å². The molecule has 4 nitrogen and oxygen atoms in total. The van der Waals surface area contributed by atoms with Gasteiger partial charge in [0.1, 0.15) is 0 Å². The SMILES string of the molecule is CO[C@H]1CCCC[C@@H]1NCCc1ccc2c(c1)OCO2. The molecule has 1 aromatic rings. The van der Waals surface area contributed by atoms with Crippen LogP contribution in [0.5, 0.6) is 11.5 Å². The van der Waals surface area contributed by atoms with Crippen LogP contribution >= 0.6 is 0 Å². The van der Waals surface area contributed by atoms with Gasteiger partial charge in [-0.05, 0) is 43.5 Å². The summed E-state index contributed by atoms with van der Waals surface area (Å²) in [5.41, 5.74) is 1.28. The fraction of sp³-hybridized carbons (Fsp3) is 0.625. The Balaban J connectivity index is 1.49. The Kier molecular flexibility index (Phi) is 4.43. The van der Waals surface area contributed by atoms with Gasteiger partial charge in [0.2, 0.25) is 6.79 Å². The zero-order valence-corrected chi connectivity index (χ0v) is 12.1. The number of ether oxygens (including phenoxy) is 3. The van der Waals surface area contributed by atoms with Crippen molar-refractivity contribution in [3.8, 4) is 11.5 Å². The van der Waals surface area contributed by atoms with Crippen LogP contribution in [0.4, 0.5) is 0 Å². The second kappa shape index (κ2) is 6.46. The number of nitrogens with one attached hydrogen (secondary N) is 1. The van der Waals surface area contributed by atoms with Crippen molar-refractivity contribution in [2.75, 3.05) is 20.4 Å². The average Bonchev–Trinajstić information content (AvgIpc) is 2.95. The second-order valence-electron chi connectivity index (χ2n) is 5.56. The van der Waals surface area contributed by atoms with E-state index in [2.05, 4.69) is 17.4 Å². The molecule has 4 heteroatoms. The van der Waals surface area contributed by atoms with Gasteiger partial charge in [0.15, 0.2) is 11.5 Å². The first-order chi connectivity index (χ1) is 9.86. The zero-order valence-electron chi connectivity index (χ0n) is 12.1. The summed E-state index contributed by atoms with van der Waals surface area (Å²) in [5.74, 6) is 1.73. The molecule has 1 heterocycles. The maximum atomic E-state index is 5.57. The molecular weight excluding hydrogens is 254 g/mol. The quantitative estimate of drug-likeness (QED) is 0.897. The van der Waals surface area contributed by atoms with Gasteiger partial charge in [-0.3, -0.25) is 0 Å². The van der Waals surface area contributed by atoms with Crippen LogP contribution in [0, 0.1) is 0 Å². The molecular formula is C16H23NO3. The normalized spacial score (nSPS) is 24.9. The molecule has 0 saturated heterocycles. The van der Waals surface area contributed by atoms with Crippen LogP contribution in [0.3, 0.4) is 0 Å². The maximum Gasteiger partial charge on any atom is 0.231 e. The molecule has 1 aliphatic carbocycles. The highest BCUT2D eigenvalue weighted by molar-refractivity contribution is 5.44. The molecule has 0 radical (unpaired) electrons. The third-order valence-electron chi connectivity index (χ3n) is 4.26. The van der Waals surface area contributed by atoms with Gasteiger partial charge in [-0.25, -0.2) is 0 Å². The van der Waals surface area contributed by atoms with Crippen molar-refractivity contribution in [2.24, 2.45) is 0 Å². The minimum atomic E-state index is 0.342. The van der Waals surface area contributed by atoms with E-state index in [-0.39, 0.29) is 0 Å². The summed E-state index contributed by atoms with van der Waals surface area (Å²) >= 11 is 0. The van der Waals surface area contributed by atoms with E-state index in [4.69, 9.17) is 14.2 Å². The molecule has 2 aliphatic rings. The molecule has 1 aromatic carbocycles. The van der Waals surface area contributed by atoms with Crippen molar-refractivity contribution in [1.29, 1.82) is 0 Å². The minimum Gasteiger partial charge on any atom is -0.454 e. The summed E-state index contributed by atoms with van der Waals surface area (Å²) in [4.78, 5) is 0. The molecule has 0 spiro atoms. The fourth-order valence-corrected chi connectivity index (χ4v) is 3.11. The Hall–Kier alpha value is -1.26. The van der Waals surface area contributed by atoms with Gasteiger partial charge in [0.25, 0.3) is 0 Å². The molecule has 1 saturated carbocycles. The van der Waals surface area contributed by atoms with E-state index in [0.29, 0.717) is 18.9 Å². The van der Waals surface area contributed by atoms with Crippen LogP contribution in [0.25, 0.3) is 0 Å². The summed E-state index contributed by atoms with van der Waals surface area (Å²) in [5, 5.41) is 3.64. The van der Waals surface area contributed by atoms with Gasteiger partial charge in [-0.2, -0.15) is 0 Å². The van der Waals surface area contributed by atoms with Gasteiger partial charge in [-0.15, -0.1) is 0 Å². The Morgan fingerprint density at radius 1 is 1.20 bits per heavy atom. The molecule has 0 bridgehead atoms. The minimum absolute atomic E-state index is 0.342. The van der Waals surface area contributed by atoms with E-state index in [0.717, 1.165) is 24.5 Å². The Bertz CT molecular complexity index is 449. The van der Waals surface area contributed by atoms with E-state index in [1.54, 1.807) is 0 Å². The summed E-state index contributed by atoms with van der Waals surface area (Å²) in [6.45, 7) is 1.32. The summed E-state index contributed by atoms with van der Waals surface area (Å²) < 4.78 is 16.3. The predicted molar refractivity (Wildman–Crippen MR) is 77.3 cm³/mol. The standard InChI is InChI=1S/C16H23NO3/c1-18-14-5-3-2-4-13(14)17-9-8-12-6-7-15-16(10-12)20-11-19-15/h6-7,10,13-14,17H,2-5,8-9,11H2,1H3/t13-,14-/m0/s1. The lowest BCUT2D eigenvalue weighted by atomic mass is 9.92. The molecule has 0 amide bonds. The van der Waals surface area contributed by atoms with Crippen molar-refractivity contribution in [1.82, 2.24) is 5.32 Å². The summed E-state index contributed by atoms with van der Waals surface area (Å²) in [7, 11) is 1.82. The highest BCUT2D eigenvalue weighted by Gasteiger charge is 2.24. The van der Waals surface area contributed by atoms with Gasteiger partial charge in [0, 0.05) is 13.2 Å². The molecule has 1 aliphatic heterocycles. The van der Waals surface area contributed by atoms with Crippen molar-refractivity contribution in [3.05, 3.63) is 23.8 Å². The number of methoxy groups -OCH3 is 1. The van der Waals surface area contributed by atoms with Crippen molar-refractivity contribution in [2.45, 2.75) is 44.2 Å². The number of hydrogen-bond acceptors (Lipinski definition) is 4. The molecule has 1 N–H and O–H groups in total. The molecule has 3 rings (SSSR count). The molecule has 110 valence electrons. The number of fused-ring (bicyclic) bond motifs is 1. The lowest BCUT2D eigenvalue weighted by Crippen LogP contribution is -2.43. The van der Waals surface area contributed by atoms with Crippen LogP contribution in [0.2, 0.25) is 0 Å². The molecule has 0 unspecified atom stereocenters. The van der Waals surface area contributed by atoms with Crippen LogP contribution in [0.15, 0.2) is 18.2 Å². The van der Waals surface area contributed by atoms with E-state index in [1.807, 2.05) is 13.2 Å². The molecule has 20 heavy (non-hydrogen) atoms. The predicted octanol–water partition coefficient (Wildman–Crippen LogP) is 2.51. The molecule has 2 atom stereocenters. The van der Waals surface area contributed by atoms with E-state index in [9.17, 15) is 0 Å². The Morgan fingerprint density at radius 3 is 2.95 bits per heavy atom. The van der Waals surface area contributed by atoms with Crippen LogP contribution in [-0.2, 0) is 11.2 Å². The third kappa shape index (κ3) is 3.07. The van der Waals surface area contributed by atoms with E-state index >= 15 is 0 Å². The Morgan fingerprint density at radius 2 is 2.05 bits per heavy atom. The largest absolute Gasteiger partial charge is 0.454 e. The van der Waals surface area contributed by atoms with Gasteiger partial charge >= 0.3 is 0 Å². The maximum absolute atomic E-state index is 5.57. The van der Waals surface area contributed by atoms with Gasteiger partial charge < -0.3 is 19.5 Å². The zero-order chi connectivity index (χ0) is 13.8. The van der Waals surface area contributed by atoms with Gasteiger partial charge in [0.05, 0.1) is 6.10 Å². The first kappa shape index (κ1) is 13.7. The summed E-state index contributed by atoms with van der Waals surface area (Å²) in [6, 6.07) is 6.70. The lowest BCUT2D eigenvalue weighted by Gasteiger charge is -2.31. The monoisotopic (exact) mass is 277 g/mol. The van der Waals surface area contributed by atoms with Crippen LogP contribution < -0.4 is 14.8 Å². The third-order valence-corrected chi connectivity index (χ3v) is 4.26. The summed E-state index contributed by atoms with van der Waals surface area (Å²) in [6.07, 6.45) is 6.38. The van der Waals surface area contributed by atoms with Crippen molar-refractivity contribution >= 4 is 0 Å². The van der Waals surface area contributed by atoms with Crippen molar-refractivity contribution in [3.63, 3.8) is 0 Å². The first-order valence-corrected chi connectivity index (χ1v) is 7.51. The van der Waals surface area contributed by atoms with Crippen LogP contribution in [0.1, 0.15) is 31.2 Å². The Labute approximate surface area is 120 Å². The molecule has 1 fully saturated rings. The number of benzene rings is 1. The lowest BCUT2D eigenvalue weighted by molar-refractivity contribution is 0.0421. The second-order valence-corrected chi connectivity index (χ2v) is 5.56. The van der Waals surface area contributed by atoms with Crippen LogP contribution in [-0.4, -0.2) is 32.6 Å². The van der Waals surface area contributed by atoms with Gasteiger partial charge in [-0.1, -0.05) is 18.9 Å². The highest BCUT2D eigenvalue weighted by atomic mass is 16.7. The first-order valence-electron chi connectivity index (χ1n) is 7.51. The average molecular weight is 277 g/mol. The van der Waals surface area contributed by atoms with E-state index in [1.165, 1.54) is 31.2 Å². The number of hydrogen-bond donors (Lipinski definition) is 1. The molecule has 0 aromatic heterocycles. The smallest absolute Gasteiger partial charge is 0.231 e. The van der Waals surface area contributed by atoms with E-state index < -0.39 is 0 Å². The number of rotatable bonds is 5. The fourth-order valence-electron chi connectivity index (χ4n) is 3.11.